The third-order valence-corrected chi connectivity index (χ3v) is 10.9. The fraction of sp³-hybridized carbons (Fsp3) is 0.824. The molecule has 0 bridgehead atoms. The number of carbonyl (C=O) groups is 2. The molecule has 9 unspecified atom stereocenters. The molecule has 0 heterocycles. The highest BCUT2D eigenvalue weighted by molar-refractivity contribution is 5.71. The monoisotopic (exact) mass is 546 g/mol. The molecule has 1 N–H and O–H groups in total. The zero-order valence-electron chi connectivity index (χ0n) is 24.2. The van der Waals surface area contributed by atoms with E-state index in [4.69, 9.17) is 0 Å². The quantitative estimate of drug-likeness (QED) is 0.282. The van der Waals surface area contributed by atoms with Gasteiger partial charge in [0.25, 0.3) is 0 Å². The van der Waals surface area contributed by atoms with E-state index in [1.807, 2.05) is 6.92 Å². The molecule has 0 aromatic rings. The maximum absolute atomic E-state index is 16.6. The van der Waals surface area contributed by atoms with Gasteiger partial charge in [0.15, 0.2) is 0 Å². The van der Waals surface area contributed by atoms with Crippen LogP contribution in [0.15, 0.2) is 24.3 Å². The first kappa shape index (κ1) is 30.4. The van der Waals surface area contributed by atoms with Crippen LogP contribution in [0.4, 0.5) is 8.78 Å². The van der Waals surface area contributed by atoms with Gasteiger partial charge < -0.3 is 9.90 Å². The average molecular weight is 547 g/mol. The SMILES string of the molecule is CC1(C=O)CC(F)CC(C2C/C=C\CCCCC2)CC(C(=O)O)C2CC2(F)CC1C1C/C=C\CCCCCC1. The van der Waals surface area contributed by atoms with Crippen molar-refractivity contribution in [3.8, 4) is 0 Å². The van der Waals surface area contributed by atoms with Crippen LogP contribution in [0, 0.1) is 40.9 Å². The number of carboxylic acids is 1. The zero-order valence-corrected chi connectivity index (χ0v) is 24.2. The Labute approximate surface area is 235 Å². The lowest BCUT2D eigenvalue weighted by molar-refractivity contribution is -0.144. The Hall–Kier alpha value is -1.52. The Morgan fingerprint density at radius 3 is 2.05 bits per heavy atom. The van der Waals surface area contributed by atoms with Gasteiger partial charge in [-0.3, -0.25) is 4.79 Å². The molecule has 2 fully saturated rings. The van der Waals surface area contributed by atoms with Gasteiger partial charge in [0.1, 0.15) is 18.1 Å². The Kier molecular flexibility index (Phi) is 10.8. The molecule has 0 spiro atoms. The van der Waals surface area contributed by atoms with Crippen LogP contribution in [-0.4, -0.2) is 29.2 Å². The first-order valence-corrected chi connectivity index (χ1v) is 16.1. The average Bonchev–Trinajstić information content (AvgIpc) is 3.53. The summed E-state index contributed by atoms with van der Waals surface area (Å²) in [4.78, 5) is 25.4. The standard InChI is InChI=1S/C34H52F2O3/c1-33(24-37)21-28(35)19-27(25-15-11-7-5-6-8-12-16-25)20-29(32(38)39)31-23-34(31,36)22-30(33)26-17-13-9-3-2-4-10-14-18-26/h7,9,11,13,24-31H,2-6,8,10,12,14-23H2,1H3,(H,38,39)/b11-7-,13-9-. The molecule has 3 nitrogen and oxygen atoms in total. The van der Waals surface area contributed by atoms with Gasteiger partial charge in [-0.2, -0.15) is 0 Å². The largest absolute Gasteiger partial charge is 0.481 e. The molecule has 2 saturated carbocycles. The number of fused-ring (bicyclic) bond motifs is 1. The van der Waals surface area contributed by atoms with Gasteiger partial charge in [-0.05, 0) is 107 Å². The molecule has 39 heavy (non-hydrogen) atoms. The Morgan fingerprint density at radius 2 is 1.38 bits per heavy atom. The molecule has 4 rings (SSSR count). The fourth-order valence-electron chi connectivity index (χ4n) is 8.44. The number of allylic oxidation sites excluding steroid dienone is 4. The molecular formula is C34H52F2O3. The van der Waals surface area contributed by atoms with Gasteiger partial charge in [-0.15, -0.1) is 0 Å². The van der Waals surface area contributed by atoms with Gasteiger partial charge in [-0.25, -0.2) is 8.78 Å². The second-order valence-electron chi connectivity index (χ2n) is 13.8. The number of carbonyl (C=O) groups excluding carboxylic acids is 1. The maximum atomic E-state index is 16.6. The van der Waals surface area contributed by atoms with Crippen LogP contribution in [0.5, 0.6) is 0 Å². The second kappa shape index (κ2) is 13.9. The summed E-state index contributed by atoms with van der Waals surface area (Å²) in [6.45, 7) is 1.87. The second-order valence-corrected chi connectivity index (χ2v) is 13.8. The number of aliphatic carboxylic acids is 1. The molecule has 220 valence electrons. The highest BCUT2D eigenvalue weighted by Crippen LogP contribution is 2.61. The summed E-state index contributed by atoms with van der Waals surface area (Å²) in [5.41, 5.74) is -2.53. The first-order valence-electron chi connectivity index (χ1n) is 16.1. The van der Waals surface area contributed by atoms with Crippen LogP contribution < -0.4 is 0 Å². The minimum Gasteiger partial charge on any atom is -0.481 e. The van der Waals surface area contributed by atoms with E-state index in [1.54, 1.807) is 0 Å². The molecule has 4 aliphatic carbocycles. The number of aldehydes is 1. The minimum atomic E-state index is -1.57. The molecule has 9 atom stereocenters. The van der Waals surface area contributed by atoms with Crippen molar-refractivity contribution >= 4 is 12.3 Å². The van der Waals surface area contributed by atoms with Crippen molar-refractivity contribution in [3.05, 3.63) is 24.3 Å². The highest BCUT2D eigenvalue weighted by Gasteiger charge is 2.63. The van der Waals surface area contributed by atoms with Crippen LogP contribution in [0.2, 0.25) is 0 Å². The summed E-state index contributed by atoms with van der Waals surface area (Å²) in [5, 5.41) is 10.3. The minimum absolute atomic E-state index is 0.106. The lowest BCUT2D eigenvalue weighted by Crippen LogP contribution is -2.39. The fourth-order valence-corrected chi connectivity index (χ4v) is 8.44. The summed E-state index contributed by atoms with van der Waals surface area (Å²) in [6.07, 6.45) is 23.2. The summed E-state index contributed by atoms with van der Waals surface area (Å²) in [6, 6.07) is 0. The van der Waals surface area contributed by atoms with Crippen LogP contribution in [0.1, 0.15) is 122 Å². The summed E-state index contributed by atoms with van der Waals surface area (Å²) < 4.78 is 32.7. The molecule has 0 aliphatic heterocycles. The molecular weight excluding hydrogens is 494 g/mol. The topological polar surface area (TPSA) is 54.4 Å². The zero-order chi connectivity index (χ0) is 27.9. The van der Waals surface area contributed by atoms with Gasteiger partial charge in [0.05, 0.1) is 5.92 Å². The van der Waals surface area contributed by atoms with E-state index in [0.29, 0.717) is 6.42 Å². The van der Waals surface area contributed by atoms with Crippen molar-refractivity contribution in [1.82, 2.24) is 0 Å². The van der Waals surface area contributed by atoms with Crippen LogP contribution >= 0.6 is 0 Å². The Bertz CT molecular complexity index is 871. The first-order chi connectivity index (χ1) is 18.8. The normalized spacial score (nSPS) is 44.6. The smallest absolute Gasteiger partial charge is 0.306 e. The van der Waals surface area contributed by atoms with Crippen molar-refractivity contribution < 1.29 is 23.5 Å². The summed E-state index contributed by atoms with van der Waals surface area (Å²) in [7, 11) is 0. The lowest BCUT2D eigenvalue weighted by atomic mass is 9.63. The van der Waals surface area contributed by atoms with Gasteiger partial charge >= 0.3 is 5.97 Å². The highest BCUT2D eigenvalue weighted by atomic mass is 19.1. The van der Waals surface area contributed by atoms with E-state index in [-0.39, 0.29) is 49.4 Å². The molecule has 0 radical (unpaired) electrons. The van der Waals surface area contributed by atoms with E-state index in [2.05, 4.69) is 24.3 Å². The Balaban J connectivity index is 1.65. The van der Waals surface area contributed by atoms with Crippen LogP contribution in [-0.2, 0) is 9.59 Å². The van der Waals surface area contributed by atoms with Gasteiger partial charge in [0.2, 0.25) is 0 Å². The van der Waals surface area contributed by atoms with E-state index < -0.39 is 35.1 Å². The van der Waals surface area contributed by atoms with Crippen molar-refractivity contribution in [3.63, 3.8) is 0 Å². The van der Waals surface area contributed by atoms with E-state index in [9.17, 15) is 14.7 Å². The number of rotatable bonds is 4. The summed E-state index contributed by atoms with van der Waals surface area (Å²) >= 11 is 0. The Morgan fingerprint density at radius 1 is 0.795 bits per heavy atom. The maximum Gasteiger partial charge on any atom is 0.306 e. The van der Waals surface area contributed by atoms with E-state index in [1.165, 1.54) is 12.8 Å². The van der Waals surface area contributed by atoms with Gasteiger partial charge in [0, 0.05) is 11.3 Å². The third kappa shape index (κ3) is 8.03. The summed E-state index contributed by atoms with van der Waals surface area (Å²) in [5.74, 6) is -2.34. The number of alkyl halides is 2. The van der Waals surface area contributed by atoms with Crippen molar-refractivity contribution in [2.24, 2.45) is 40.9 Å². The number of halogens is 2. The number of hydrogen-bond donors (Lipinski definition) is 1. The molecule has 5 heteroatoms. The van der Waals surface area contributed by atoms with E-state index >= 15 is 8.78 Å². The predicted molar refractivity (Wildman–Crippen MR) is 153 cm³/mol. The molecule has 0 saturated heterocycles. The number of carboxylic acid groups (broad SMARTS) is 1. The van der Waals surface area contributed by atoms with Crippen LogP contribution in [0.3, 0.4) is 0 Å². The van der Waals surface area contributed by atoms with E-state index in [0.717, 1.165) is 76.9 Å². The molecule has 0 aromatic carbocycles. The van der Waals surface area contributed by atoms with Crippen molar-refractivity contribution in [2.45, 2.75) is 134 Å². The van der Waals surface area contributed by atoms with Crippen molar-refractivity contribution in [1.29, 1.82) is 0 Å². The van der Waals surface area contributed by atoms with Gasteiger partial charge in [-0.1, -0.05) is 63.3 Å². The lowest BCUT2D eigenvalue weighted by Gasteiger charge is -2.41. The van der Waals surface area contributed by atoms with Crippen molar-refractivity contribution in [2.75, 3.05) is 0 Å². The predicted octanol–water partition coefficient (Wildman–Crippen LogP) is 9.21. The molecule has 0 aromatic heterocycles. The third-order valence-electron chi connectivity index (χ3n) is 10.9. The molecule has 4 aliphatic rings. The number of hydrogen-bond acceptors (Lipinski definition) is 2. The van der Waals surface area contributed by atoms with Crippen LogP contribution in [0.25, 0.3) is 0 Å². The molecule has 0 amide bonds.